The van der Waals surface area contributed by atoms with E-state index in [9.17, 15) is 9.59 Å². The highest BCUT2D eigenvalue weighted by Crippen LogP contribution is 2.23. The molecule has 0 saturated heterocycles. The van der Waals surface area contributed by atoms with Gasteiger partial charge in [0, 0.05) is 25.7 Å². The fourth-order valence-corrected chi connectivity index (χ4v) is 1.47. The third kappa shape index (κ3) is 1.79. The van der Waals surface area contributed by atoms with Crippen LogP contribution in [0.5, 0.6) is 0 Å². The van der Waals surface area contributed by atoms with Crippen LogP contribution < -0.4 is 5.73 Å². The van der Waals surface area contributed by atoms with Gasteiger partial charge < -0.3 is 15.5 Å². The molecule has 0 radical (unpaired) electrons. The van der Waals surface area contributed by atoms with Crippen molar-refractivity contribution >= 4 is 18.0 Å². The lowest BCUT2D eigenvalue weighted by molar-refractivity contribution is -0.163. The molecule has 0 aliphatic carbocycles. The van der Waals surface area contributed by atoms with Gasteiger partial charge in [0.05, 0.1) is 0 Å². The molecule has 0 saturated carbocycles. The molecule has 0 aromatic rings. The summed E-state index contributed by atoms with van der Waals surface area (Å²) in [7, 11) is 0. The summed E-state index contributed by atoms with van der Waals surface area (Å²) in [6, 6.07) is 0. The second kappa shape index (κ2) is 4.29. The van der Waals surface area contributed by atoms with Crippen molar-refractivity contribution in [2.45, 2.75) is 25.9 Å². The molecule has 2 amide bonds. The second-order valence-corrected chi connectivity index (χ2v) is 3.25. The normalized spacial score (nSPS) is 23.6. The first-order valence-electron chi connectivity index (χ1n) is 4.87. The summed E-state index contributed by atoms with van der Waals surface area (Å²) >= 11 is 0. The van der Waals surface area contributed by atoms with Crippen LogP contribution in [0, 0.1) is 0 Å². The van der Waals surface area contributed by atoms with Crippen molar-refractivity contribution in [2.24, 2.45) is 10.9 Å². The van der Waals surface area contributed by atoms with Crippen molar-refractivity contribution in [3.63, 3.8) is 0 Å². The quantitative estimate of drug-likeness (QED) is 0.638. The van der Waals surface area contributed by atoms with Gasteiger partial charge in [-0.05, 0) is 13.8 Å². The van der Waals surface area contributed by atoms with Crippen LogP contribution in [0.4, 0.5) is 0 Å². The Hall–Kier alpha value is -1.59. The first-order valence-corrected chi connectivity index (χ1v) is 4.87. The number of rotatable bonds is 4. The van der Waals surface area contributed by atoms with E-state index >= 15 is 0 Å². The van der Waals surface area contributed by atoms with Crippen LogP contribution in [0.3, 0.4) is 0 Å². The van der Waals surface area contributed by atoms with Gasteiger partial charge >= 0.3 is 0 Å². The van der Waals surface area contributed by atoms with Gasteiger partial charge in [0.2, 0.25) is 0 Å². The standard InChI is InChI=1S/C9H15N3O3/c1-3-12(4-2)8(14)9(7(10)13)5-6-11-15-9/h6H,3-5H2,1-2H3,(H2,10,13). The summed E-state index contributed by atoms with van der Waals surface area (Å²) in [6.07, 6.45) is 1.49. The van der Waals surface area contributed by atoms with Crippen LogP contribution >= 0.6 is 0 Å². The maximum atomic E-state index is 12.0. The zero-order chi connectivity index (χ0) is 11.5. The summed E-state index contributed by atoms with van der Waals surface area (Å²) in [5.74, 6) is -1.21. The van der Waals surface area contributed by atoms with E-state index in [1.54, 1.807) is 0 Å². The molecule has 1 unspecified atom stereocenters. The van der Waals surface area contributed by atoms with E-state index in [0.717, 1.165) is 0 Å². The maximum Gasteiger partial charge on any atom is 0.296 e. The average molecular weight is 213 g/mol. The van der Waals surface area contributed by atoms with E-state index in [4.69, 9.17) is 10.6 Å². The molecular formula is C9H15N3O3. The number of hydrogen-bond donors (Lipinski definition) is 1. The van der Waals surface area contributed by atoms with Crippen LogP contribution in [-0.4, -0.2) is 41.6 Å². The summed E-state index contributed by atoms with van der Waals surface area (Å²) in [4.78, 5) is 29.6. The molecule has 1 heterocycles. The van der Waals surface area contributed by atoms with Crippen molar-refractivity contribution < 1.29 is 14.4 Å². The summed E-state index contributed by atoms with van der Waals surface area (Å²) in [5.41, 5.74) is 3.57. The predicted octanol–water partition coefficient (Wildman–Crippen LogP) is -0.515. The van der Waals surface area contributed by atoms with E-state index in [1.807, 2.05) is 13.8 Å². The van der Waals surface area contributed by atoms with Crippen LogP contribution in [0.2, 0.25) is 0 Å². The SMILES string of the molecule is CCN(CC)C(=O)C1(C(N)=O)CC=NO1. The van der Waals surface area contributed by atoms with Crippen molar-refractivity contribution in [1.29, 1.82) is 0 Å². The zero-order valence-corrected chi connectivity index (χ0v) is 8.90. The van der Waals surface area contributed by atoms with Crippen LogP contribution in [0.1, 0.15) is 20.3 Å². The number of oxime groups is 1. The van der Waals surface area contributed by atoms with Gasteiger partial charge in [-0.2, -0.15) is 0 Å². The monoisotopic (exact) mass is 213 g/mol. The lowest BCUT2D eigenvalue weighted by Gasteiger charge is -2.28. The topological polar surface area (TPSA) is 85.0 Å². The van der Waals surface area contributed by atoms with E-state index in [0.29, 0.717) is 13.1 Å². The molecule has 6 heteroatoms. The Morgan fingerprint density at radius 1 is 1.53 bits per heavy atom. The molecule has 1 aliphatic heterocycles. The summed E-state index contributed by atoms with van der Waals surface area (Å²) in [6.45, 7) is 4.67. The first kappa shape index (κ1) is 11.5. The number of likely N-dealkylation sites (N-methyl/N-ethyl adjacent to an activating group) is 1. The Balaban J connectivity index is 2.91. The zero-order valence-electron chi connectivity index (χ0n) is 8.90. The van der Waals surface area contributed by atoms with Gasteiger partial charge in [0.1, 0.15) is 0 Å². The third-order valence-electron chi connectivity index (χ3n) is 2.46. The Kier molecular flexibility index (Phi) is 3.28. The number of nitrogens with two attached hydrogens (primary N) is 1. The largest absolute Gasteiger partial charge is 0.369 e. The minimum absolute atomic E-state index is 0.109. The maximum absolute atomic E-state index is 12.0. The van der Waals surface area contributed by atoms with Gasteiger partial charge in [-0.1, -0.05) is 5.16 Å². The molecule has 1 aliphatic rings. The fourth-order valence-electron chi connectivity index (χ4n) is 1.47. The fraction of sp³-hybridized carbons (Fsp3) is 0.667. The number of nitrogens with zero attached hydrogens (tertiary/aromatic N) is 2. The van der Waals surface area contributed by atoms with E-state index in [2.05, 4.69) is 5.16 Å². The highest BCUT2D eigenvalue weighted by atomic mass is 16.7. The highest BCUT2D eigenvalue weighted by molar-refractivity contribution is 6.10. The van der Waals surface area contributed by atoms with Crippen LogP contribution in [0.15, 0.2) is 5.16 Å². The number of carbonyl (C=O) groups excluding carboxylic acids is 2. The first-order chi connectivity index (χ1) is 7.08. The highest BCUT2D eigenvalue weighted by Gasteiger charge is 2.51. The average Bonchev–Trinajstić information content (AvgIpc) is 2.69. The Bertz CT molecular complexity index is 289. The molecule has 0 bridgehead atoms. The van der Waals surface area contributed by atoms with E-state index in [1.165, 1.54) is 11.1 Å². The summed E-state index contributed by atoms with van der Waals surface area (Å²) < 4.78 is 0. The molecule has 0 aromatic carbocycles. The minimum atomic E-state index is -1.62. The lowest BCUT2D eigenvalue weighted by Crippen LogP contribution is -2.56. The Labute approximate surface area is 88.0 Å². The lowest BCUT2D eigenvalue weighted by atomic mass is 9.98. The van der Waals surface area contributed by atoms with Crippen molar-refractivity contribution in [1.82, 2.24) is 4.90 Å². The number of primary amides is 1. The molecule has 15 heavy (non-hydrogen) atoms. The second-order valence-electron chi connectivity index (χ2n) is 3.25. The number of carbonyl (C=O) groups is 2. The number of hydrogen-bond acceptors (Lipinski definition) is 4. The van der Waals surface area contributed by atoms with Gasteiger partial charge in [0.25, 0.3) is 17.4 Å². The van der Waals surface area contributed by atoms with Crippen LogP contribution in [-0.2, 0) is 14.4 Å². The van der Waals surface area contributed by atoms with Gasteiger partial charge in [-0.15, -0.1) is 0 Å². The van der Waals surface area contributed by atoms with Crippen molar-refractivity contribution in [2.75, 3.05) is 13.1 Å². The number of amides is 2. The van der Waals surface area contributed by atoms with Gasteiger partial charge in [-0.25, -0.2) is 0 Å². The van der Waals surface area contributed by atoms with E-state index < -0.39 is 17.4 Å². The van der Waals surface area contributed by atoms with E-state index in [-0.39, 0.29) is 6.42 Å². The molecule has 0 aromatic heterocycles. The predicted molar refractivity (Wildman–Crippen MR) is 54.0 cm³/mol. The molecular weight excluding hydrogens is 198 g/mol. The molecule has 0 fully saturated rings. The van der Waals surface area contributed by atoms with Gasteiger partial charge in [0.15, 0.2) is 0 Å². The van der Waals surface area contributed by atoms with Crippen molar-refractivity contribution in [3.8, 4) is 0 Å². The molecule has 84 valence electrons. The van der Waals surface area contributed by atoms with Gasteiger partial charge in [-0.3, -0.25) is 9.59 Å². The Morgan fingerprint density at radius 2 is 2.13 bits per heavy atom. The van der Waals surface area contributed by atoms with Crippen molar-refractivity contribution in [3.05, 3.63) is 0 Å². The molecule has 1 rings (SSSR count). The molecule has 1 atom stereocenters. The molecule has 0 spiro atoms. The smallest absolute Gasteiger partial charge is 0.296 e. The molecule has 2 N–H and O–H groups in total. The third-order valence-corrected chi connectivity index (χ3v) is 2.46. The van der Waals surface area contributed by atoms with Crippen LogP contribution in [0.25, 0.3) is 0 Å². The molecule has 6 nitrogen and oxygen atoms in total. The summed E-state index contributed by atoms with van der Waals surface area (Å²) in [5, 5.41) is 3.46. The minimum Gasteiger partial charge on any atom is -0.369 e. The Morgan fingerprint density at radius 3 is 2.47 bits per heavy atom.